The van der Waals surface area contributed by atoms with Gasteiger partial charge in [-0.25, -0.2) is 0 Å². The van der Waals surface area contributed by atoms with E-state index in [-0.39, 0.29) is 11.8 Å². The minimum atomic E-state index is -0.753. The average molecular weight is 214 g/mol. The summed E-state index contributed by atoms with van der Waals surface area (Å²) >= 11 is 0. The van der Waals surface area contributed by atoms with Gasteiger partial charge in [0.1, 0.15) is 0 Å². The van der Waals surface area contributed by atoms with Gasteiger partial charge in [-0.15, -0.1) is 0 Å². The van der Waals surface area contributed by atoms with Gasteiger partial charge in [0, 0.05) is 20.6 Å². The van der Waals surface area contributed by atoms with E-state index in [1.165, 1.54) is 4.90 Å². The fourth-order valence-corrected chi connectivity index (χ4v) is 1.73. The monoisotopic (exact) mass is 214 g/mol. The number of likely N-dealkylation sites (N-methyl/N-ethyl adjacent to an activating group) is 1. The van der Waals surface area contributed by atoms with Gasteiger partial charge in [0.2, 0.25) is 5.91 Å². The van der Waals surface area contributed by atoms with Crippen LogP contribution in [0.1, 0.15) is 12.8 Å². The first kappa shape index (κ1) is 12.0. The highest BCUT2D eigenvalue weighted by Crippen LogP contribution is 2.16. The zero-order valence-corrected chi connectivity index (χ0v) is 9.27. The van der Waals surface area contributed by atoms with Crippen molar-refractivity contribution < 1.29 is 14.7 Å². The van der Waals surface area contributed by atoms with E-state index in [0.717, 1.165) is 19.4 Å². The van der Waals surface area contributed by atoms with Gasteiger partial charge >= 0.3 is 5.97 Å². The number of likely N-dealkylation sites (tertiary alicyclic amines) is 1. The maximum absolute atomic E-state index is 11.4. The van der Waals surface area contributed by atoms with Crippen molar-refractivity contribution in [3.63, 3.8) is 0 Å². The molecule has 0 spiro atoms. The van der Waals surface area contributed by atoms with Crippen molar-refractivity contribution in [2.75, 3.05) is 33.7 Å². The van der Waals surface area contributed by atoms with Crippen LogP contribution in [0.4, 0.5) is 0 Å². The largest absolute Gasteiger partial charge is 0.481 e. The predicted molar refractivity (Wildman–Crippen MR) is 55.5 cm³/mol. The van der Waals surface area contributed by atoms with Crippen LogP contribution >= 0.6 is 0 Å². The lowest BCUT2D eigenvalue weighted by molar-refractivity contribution is -0.144. The van der Waals surface area contributed by atoms with Crippen molar-refractivity contribution in [1.29, 1.82) is 0 Å². The van der Waals surface area contributed by atoms with Gasteiger partial charge in [-0.05, 0) is 19.4 Å². The van der Waals surface area contributed by atoms with Crippen LogP contribution in [0.15, 0.2) is 0 Å². The van der Waals surface area contributed by atoms with Gasteiger partial charge in [0.15, 0.2) is 0 Å². The highest BCUT2D eigenvalue weighted by molar-refractivity contribution is 5.77. The van der Waals surface area contributed by atoms with E-state index >= 15 is 0 Å². The number of carboxylic acid groups (broad SMARTS) is 1. The van der Waals surface area contributed by atoms with Crippen LogP contribution in [0.2, 0.25) is 0 Å². The molecule has 1 saturated heterocycles. The molecule has 0 radical (unpaired) electrons. The van der Waals surface area contributed by atoms with Crippen LogP contribution in [0, 0.1) is 5.92 Å². The second kappa shape index (κ2) is 5.11. The van der Waals surface area contributed by atoms with Gasteiger partial charge in [0.05, 0.1) is 12.5 Å². The quantitative estimate of drug-likeness (QED) is 0.711. The van der Waals surface area contributed by atoms with Crippen LogP contribution < -0.4 is 0 Å². The van der Waals surface area contributed by atoms with E-state index in [2.05, 4.69) is 0 Å². The summed E-state index contributed by atoms with van der Waals surface area (Å²) in [6.45, 7) is 1.65. The van der Waals surface area contributed by atoms with E-state index in [1.807, 2.05) is 4.90 Å². The SMILES string of the molecule is CN(C)C(=O)CN1CCCC(C(=O)O)C1. The van der Waals surface area contributed by atoms with Crippen molar-refractivity contribution in [2.45, 2.75) is 12.8 Å². The van der Waals surface area contributed by atoms with E-state index in [9.17, 15) is 9.59 Å². The van der Waals surface area contributed by atoms with Gasteiger partial charge in [-0.1, -0.05) is 0 Å². The molecule has 15 heavy (non-hydrogen) atoms. The lowest BCUT2D eigenvalue weighted by Crippen LogP contribution is -2.43. The summed E-state index contributed by atoms with van der Waals surface area (Å²) in [4.78, 5) is 25.7. The maximum atomic E-state index is 11.4. The molecule has 1 aliphatic rings. The molecule has 86 valence electrons. The smallest absolute Gasteiger partial charge is 0.307 e. The second-order valence-electron chi connectivity index (χ2n) is 4.20. The summed E-state index contributed by atoms with van der Waals surface area (Å²) in [6.07, 6.45) is 1.58. The Morgan fingerprint density at radius 3 is 2.67 bits per heavy atom. The first-order valence-electron chi connectivity index (χ1n) is 5.16. The summed E-state index contributed by atoms with van der Waals surface area (Å²) in [7, 11) is 3.42. The minimum absolute atomic E-state index is 0.0287. The summed E-state index contributed by atoms with van der Waals surface area (Å²) in [6, 6.07) is 0. The summed E-state index contributed by atoms with van der Waals surface area (Å²) < 4.78 is 0. The molecule has 1 fully saturated rings. The molecule has 0 bridgehead atoms. The number of carbonyl (C=O) groups is 2. The fraction of sp³-hybridized carbons (Fsp3) is 0.800. The van der Waals surface area contributed by atoms with Crippen molar-refractivity contribution in [3.8, 4) is 0 Å². The Labute approximate surface area is 89.7 Å². The Morgan fingerprint density at radius 1 is 1.47 bits per heavy atom. The standard InChI is InChI=1S/C10H18N2O3/c1-11(2)9(13)7-12-5-3-4-8(6-12)10(14)15/h8H,3-7H2,1-2H3,(H,14,15). The van der Waals surface area contributed by atoms with E-state index in [1.54, 1.807) is 14.1 Å². The maximum Gasteiger partial charge on any atom is 0.307 e. The first-order valence-corrected chi connectivity index (χ1v) is 5.16. The third-order valence-corrected chi connectivity index (χ3v) is 2.71. The Kier molecular flexibility index (Phi) is 4.08. The molecule has 1 rings (SSSR count). The number of amides is 1. The average Bonchev–Trinajstić information content (AvgIpc) is 2.18. The molecule has 5 nitrogen and oxygen atoms in total. The zero-order chi connectivity index (χ0) is 11.4. The molecule has 5 heteroatoms. The topological polar surface area (TPSA) is 60.9 Å². The van der Waals surface area contributed by atoms with E-state index in [0.29, 0.717) is 13.1 Å². The number of piperidine rings is 1. The molecule has 0 aliphatic carbocycles. The molecule has 0 aromatic rings. The second-order valence-corrected chi connectivity index (χ2v) is 4.20. The van der Waals surface area contributed by atoms with E-state index < -0.39 is 5.97 Å². The van der Waals surface area contributed by atoms with Crippen molar-refractivity contribution in [3.05, 3.63) is 0 Å². The first-order chi connectivity index (χ1) is 7.00. The molecule has 0 aromatic carbocycles. The molecular formula is C10H18N2O3. The minimum Gasteiger partial charge on any atom is -0.481 e. The van der Waals surface area contributed by atoms with Crippen LogP contribution in [-0.2, 0) is 9.59 Å². The zero-order valence-electron chi connectivity index (χ0n) is 9.27. The Hall–Kier alpha value is -1.10. The summed E-state index contributed by atoms with van der Waals surface area (Å²) in [5.41, 5.74) is 0. The highest BCUT2D eigenvalue weighted by atomic mass is 16.4. The van der Waals surface area contributed by atoms with Gasteiger partial charge in [0.25, 0.3) is 0 Å². The fourth-order valence-electron chi connectivity index (χ4n) is 1.73. The van der Waals surface area contributed by atoms with E-state index in [4.69, 9.17) is 5.11 Å². The third kappa shape index (κ3) is 3.51. The number of aliphatic carboxylic acids is 1. The van der Waals surface area contributed by atoms with Crippen LogP contribution in [-0.4, -0.2) is 60.5 Å². The predicted octanol–water partition coefficient (Wildman–Crippen LogP) is -0.129. The lowest BCUT2D eigenvalue weighted by atomic mass is 9.98. The highest BCUT2D eigenvalue weighted by Gasteiger charge is 2.26. The van der Waals surface area contributed by atoms with Gasteiger partial charge in [-0.3, -0.25) is 14.5 Å². The lowest BCUT2D eigenvalue weighted by Gasteiger charge is -2.30. The number of hydrogen-bond acceptors (Lipinski definition) is 3. The van der Waals surface area contributed by atoms with Crippen LogP contribution in [0.3, 0.4) is 0 Å². The molecule has 0 saturated carbocycles. The number of nitrogens with zero attached hydrogens (tertiary/aromatic N) is 2. The van der Waals surface area contributed by atoms with Crippen molar-refractivity contribution in [1.82, 2.24) is 9.80 Å². The Bertz CT molecular complexity index is 253. The molecule has 1 atom stereocenters. The summed E-state index contributed by atoms with van der Waals surface area (Å²) in [5.74, 6) is -1.04. The molecule has 0 aromatic heterocycles. The van der Waals surface area contributed by atoms with Crippen LogP contribution in [0.25, 0.3) is 0 Å². The summed E-state index contributed by atoms with van der Waals surface area (Å²) in [5, 5.41) is 8.88. The van der Waals surface area contributed by atoms with Crippen molar-refractivity contribution >= 4 is 11.9 Å². The molecular weight excluding hydrogens is 196 g/mol. The number of carboxylic acids is 1. The third-order valence-electron chi connectivity index (χ3n) is 2.71. The normalized spacial score (nSPS) is 22.4. The van der Waals surface area contributed by atoms with Crippen LogP contribution in [0.5, 0.6) is 0 Å². The van der Waals surface area contributed by atoms with Gasteiger partial charge < -0.3 is 10.0 Å². The van der Waals surface area contributed by atoms with Gasteiger partial charge in [-0.2, -0.15) is 0 Å². The number of hydrogen-bond donors (Lipinski definition) is 1. The molecule has 1 unspecified atom stereocenters. The number of carbonyl (C=O) groups excluding carboxylic acids is 1. The molecule has 1 aliphatic heterocycles. The Balaban J connectivity index is 2.43. The molecule has 1 amide bonds. The number of rotatable bonds is 3. The molecule has 1 heterocycles. The van der Waals surface area contributed by atoms with Crippen molar-refractivity contribution in [2.24, 2.45) is 5.92 Å². The Morgan fingerprint density at radius 2 is 2.13 bits per heavy atom. The molecule has 1 N–H and O–H groups in total.